The molecule has 0 aliphatic carbocycles. The third-order valence-electron chi connectivity index (χ3n) is 15.4. The van der Waals surface area contributed by atoms with Gasteiger partial charge in [0.15, 0.2) is 0 Å². The number of nitrogens with zero attached hydrogens (tertiary/aromatic N) is 9. The molecule has 1 radical (unpaired) electrons. The summed E-state index contributed by atoms with van der Waals surface area (Å²) in [6, 6.07) is 42.1. The molecule has 4 aliphatic rings. The van der Waals surface area contributed by atoms with Crippen molar-refractivity contribution >= 4 is 160 Å². The first-order valence-electron chi connectivity index (χ1n) is 25.9. The summed E-state index contributed by atoms with van der Waals surface area (Å²) < 4.78 is 126. The molecule has 16 rings (SSSR count). The molecule has 0 atom stereocenters. The summed E-state index contributed by atoms with van der Waals surface area (Å²) in [4.78, 5) is 33.4. The molecular weight excluding hydrogens is 1250 g/mol. The van der Waals surface area contributed by atoms with Crippen molar-refractivity contribution in [1.82, 2.24) is 11.5 Å². The molecule has 0 saturated heterocycles. The van der Waals surface area contributed by atoms with Crippen molar-refractivity contribution in [3.63, 3.8) is 0 Å². The van der Waals surface area contributed by atoms with Crippen molar-refractivity contribution in [2.75, 3.05) is 0 Å². The fourth-order valence-electron chi connectivity index (χ4n) is 11.5. The monoisotopic (exact) mass is 1290 g/mol. The molecule has 0 amide bonds. The van der Waals surface area contributed by atoms with Crippen LogP contribution in [0.3, 0.4) is 0 Å². The molecule has 12 aromatic rings. The van der Waals surface area contributed by atoms with Crippen LogP contribution in [-0.4, -0.2) is 97.2 Å². The number of nitrogens with one attached hydrogen (secondary N) is 1. The zero-order chi connectivity index (χ0) is 59.1. The number of benzene rings is 9. The average molecular weight is 1290 g/mol. The van der Waals surface area contributed by atoms with Crippen LogP contribution < -0.4 is 20.8 Å². The number of amidine groups is 4. The van der Waals surface area contributed by atoms with Gasteiger partial charge >= 0.3 is 424 Å². The first kappa shape index (κ1) is 56.0. The fourth-order valence-corrected chi connectivity index (χ4v) is 17.2. The van der Waals surface area contributed by atoms with E-state index in [1.165, 1.54) is 53.9 Å². The number of aromatic nitrogens is 4. The van der Waals surface area contributed by atoms with E-state index in [-0.39, 0.29) is 62.1 Å². The Morgan fingerprint density at radius 3 is 1.48 bits per heavy atom. The van der Waals surface area contributed by atoms with Crippen molar-refractivity contribution in [1.29, 1.82) is 0 Å². The van der Waals surface area contributed by atoms with Crippen LogP contribution in [0.25, 0.3) is 64.6 Å². The summed E-state index contributed by atoms with van der Waals surface area (Å²) in [5, 5.41) is 19.1. The molecule has 3 N–H and O–H groups in total. The minimum absolute atomic E-state index is 0. The Morgan fingerprint density at radius 1 is 0.506 bits per heavy atom. The first-order valence-corrected chi connectivity index (χ1v) is 33.1. The Kier molecular flexibility index (Phi) is 13.3. The van der Waals surface area contributed by atoms with Crippen molar-refractivity contribution in [2.45, 2.75) is 33.1 Å². The first-order chi connectivity index (χ1) is 41.4. The Hall–Kier alpha value is -8.85. The van der Waals surface area contributed by atoms with Gasteiger partial charge in [0.2, 0.25) is 0 Å². The number of imidazole rings is 1. The molecule has 87 heavy (non-hydrogen) atoms. The summed E-state index contributed by atoms with van der Waals surface area (Å²) in [6.45, 7) is 3.01. The molecule has 7 heterocycles. The van der Waals surface area contributed by atoms with Gasteiger partial charge in [-0.1, -0.05) is 30.3 Å². The summed E-state index contributed by atoms with van der Waals surface area (Å²) in [6.07, 6.45) is 4.01. The van der Waals surface area contributed by atoms with E-state index in [1.807, 2.05) is 37.0 Å². The van der Waals surface area contributed by atoms with Gasteiger partial charge in [0, 0.05) is 6.92 Å². The summed E-state index contributed by atoms with van der Waals surface area (Å²) >= 11 is -1.74. The molecule has 0 unspecified atom stereocenters. The summed E-state index contributed by atoms with van der Waals surface area (Å²) in [5.41, 5.74) is 3.61. The Balaban J connectivity index is 0.000000422. The molecule has 9 aromatic carbocycles. The van der Waals surface area contributed by atoms with Gasteiger partial charge in [-0.3, -0.25) is 0 Å². The molecule has 3 aromatic heterocycles. The fraction of sp³-hybridized carbons (Fsp3) is 0.0339. The molecule has 0 saturated carbocycles. The van der Waals surface area contributed by atoms with Crippen LogP contribution in [0.1, 0.15) is 33.6 Å². The maximum atomic E-state index is 12.8. The number of H-pyrrole nitrogens is 1. The van der Waals surface area contributed by atoms with Gasteiger partial charge in [-0.05, 0) is 5.56 Å². The van der Waals surface area contributed by atoms with E-state index in [1.54, 1.807) is 60.7 Å². The van der Waals surface area contributed by atoms with Crippen molar-refractivity contribution in [3.05, 3.63) is 209 Å². The Labute approximate surface area is 503 Å². The average Bonchev–Trinajstić information content (AvgIpc) is 1.58. The van der Waals surface area contributed by atoms with Crippen molar-refractivity contribution in [2.24, 2.45) is 30.0 Å². The zero-order valence-electron chi connectivity index (χ0n) is 44.4. The van der Waals surface area contributed by atoms with Crippen molar-refractivity contribution < 1.29 is 63.6 Å². The number of rotatable bonds is 8. The van der Waals surface area contributed by atoms with E-state index in [2.05, 4.69) is 52.0 Å². The minimum atomic E-state index is -5.02. The van der Waals surface area contributed by atoms with Gasteiger partial charge in [0.25, 0.3) is 5.82 Å². The van der Waals surface area contributed by atoms with Crippen LogP contribution in [0.5, 0.6) is 0 Å². The van der Waals surface area contributed by atoms with Gasteiger partial charge < -0.3 is 5.48 Å². The zero-order valence-corrected chi connectivity index (χ0v) is 50.1. The molecule has 23 nitrogen and oxygen atoms in total. The van der Waals surface area contributed by atoms with Crippen LogP contribution in [0.15, 0.2) is 214 Å². The number of aryl methyl sites for hydroxylation is 1. The van der Waals surface area contributed by atoms with E-state index >= 15 is 0 Å². The normalized spacial score (nSPS) is 14.0. The number of aromatic amines is 1. The Morgan fingerprint density at radius 2 is 0.954 bits per heavy atom. The van der Waals surface area contributed by atoms with Gasteiger partial charge in [0.05, 0.1) is 0 Å². The Bertz CT molecular complexity index is 5710. The van der Waals surface area contributed by atoms with Crippen LogP contribution in [0.4, 0.5) is 11.6 Å². The SMILES string of the molecule is Cc1[nH]cc[n+]1Cc1ccccc1.O.O=S(=O)([O-])c1cccc2cc3c(cc12)C1=Nc2c4cc5cccc(S(=O)(=O)[O-])c5cc4c4[n]2[Ga][n]2c(c5cc6cccc(S(=O)(=O)[O-])c6cc5c2=NC3=N1)=NC1=NC(=N4)c2cc3cccc(SOO[O-])c3cc21. The third-order valence-corrected chi connectivity index (χ3v) is 21.8. The predicted octanol–water partition coefficient (Wildman–Crippen LogP) is 5.86. The number of fused-ring (bicyclic) bond motifs is 18. The molecule has 0 fully saturated rings. The van der Waals surface area contributed by atoms with Crippen LogP contribution in [0.2, 0.25) is 0 Å². The van der Waals surface area contributed by atoms with E-state index < -0.39 is 62.9 Å². The standard InChI is InChI=1S/C48H24N8O12S4.C11H12N2.Ga.H2O/c57-67-68-69-37-9-1-5-21-13-29-33(17-25(21)37)45-49-41(29)51-46-35-19-27-23(7-3-11-39(27)71(61,62)63)15-31(35)43(53-46)55-48-36-20-28-24(8-4-12-40(28)72(64,65)66)16-32(36)44(56-48)54-47-34-18-26-22(14-30(34)42(50-45)52-47)6-2-10-38(26)70(58,59)60;1-10-12-7-8-13(10)9-11-5-3-2-4-6-11;;/h1-20H,(H4-2,49,50,51,52,53,54,55,56,57,58,59,60,61,62,63,64,65,66);2-8H,9H2,1H3;;1H2/q-2;;+2;/p-3. The van der Waals surface area contributed by atoms with Gasteiger partial charge in [-0.15, -0.1) is 0 Å². The van der Waals surface area contributed by atoms with E-state index in [9.17, 15) is 44.2 Å². The second kappa shape index (κ2) is 20.7. The molecular formula is C59H35GaN10O13S4-3. The predicted molar refractivity (Wildman–Crippen MR) is 318 cm³/mol. The van der Waals surface area contributed by atoms with Crippen LogP contribution >= 0.6 is 12.0 Å². The molecule has 6 bridgehead atoms. The summed E-state index contributed by atoms with van der Waals surface area (Å²) in [7, 11) is -15.0. The van der Waals surface area contributed by atoms with Gasteiger partial charge in [0.1, 0.15) is 18.9 Å². The molecule has 28 heteroatoms. The second-order valence-electron chi connectivity index (χ2n) is 20.4. The number of aliphatic imine (C=N–C) groups is 4. The van der Waals surface area contributed by atoms with E-state index in [0.29, 0.717) is 93.2 Å². The number of hydrogen-bond acceptors (Lipinski definition) is 19. The molecule has 4 aliphatic heterocycles. The van der Waals surface area contributed by atoms with Gasteiger partial charge in [-0.25, -0.2) is 9.55 Å². The van der Waals surface area contributed by atoms with Crippen LogP contribution in [0, 0.1) is 6.92 Å². The summed E-state index contributed by atoms with van der Waals surface area (Å²) in [5.74, 6) is 2.25. The van der Waals surface area contributed by atoms with Gasteiger partial charge in [-0.2, -0.15) is 0 Å². The van der Waals surface area contributed by atoms with Crippen molar-refractivity contribution in [3.8, 4) is 0 Å². The topological polar surface area (TPSA) is 348 Å². The van der Waals surface area contributed by atoms with Crippen LogP contribution in [-0.2, 0) is 46.3 Å². The molecule has 0 spiro atoms. The maximum absolute atomic E-state index is 12.8. The quantitative estimate of drug-likeness (QED) is 0.0466. The third kappa shape index (κ3) is 9.41. The van der Waals surface area contributed by atoms with E-state index in [4.69, 9.17) is 34.3 Å². The molecule has 429 valence electrons. The number of hydrogen-bond donors (Lipinski definition) is 1. The second-order valence-corrected chi connectivity index (χ2v) is 27.8. The van der Waals surface area contributed by atoms with E-state index in [0.717, 1.165) is 6.54 Å².